The van der Waals surface area contributed by atoms with Crippen molar-refractivity contribution >= 4 is 35.9 Å². The van der Waals surface area contributed by atoms with Crippen LogP contribution in [-0.4, -0.2) is 84.1 Å². The number of hydrazine groups is 1. The van der Waals surface area contributed by atoms with E-state index in [0.717, 1.165) is 56.9 Å². The molecule has 39 heavy (non-hydrogen) atoms. The minimum Gasteiger partial charge on any atom is -0.341 e. The number of halogens is 2. The van der Waals surface area contributed by atoms with Gasteiger partial charge >= 0.3 is 6.03 Å². The summed E-state index contributed by atoms with van der Waals surface area (Å²) in [6.45, 7) is 1.35. The highest BCUT2D eigenvalue weighted by atomic mass is 35.5. The molecule has 1 saturated heterocycles. The summed E-state index contributed by atoms with van der Waals surface area (Å²) in [6, 6.07) is 8.54. The van der Waals surface area contributed by atoms with Crippen LogP contribution in [-0.2, 0) is 11.2 Å². The van der Waals surface area contributed by atoms with Crippen molar-refractivity contribution in [2.75, 3.05) is 27.2 Å². The molecule has 2 saturated carbocycles. The van der Waals surface area contributed by atoms with E-state index in [9.17, 15) is 9.59 Å². The fourth-order valence-electron chi connectivity index (χ4n) is 6.47. The maximum Gasteiger partial charge on any atom is 0.332 e. The average Bonchev–Trinajstić information content (AvgIpc) is 2.91. The van der Waals surface area contributed by atoms with Crippen LogP contribution in [0.4, 0.5) is 4.79 Å². The number of nitrogens with one attached hydrogen (secondary N) is 2. The highest BCUT2D eigenvalue weighted by molar-refractivity contribution is 6.30. The molecule has 8 nitrogen and oxygen atoms in total. The van der Waals surface area contributed by atoms with Gasteiger partial charge in [-0.1, -0.05) is 43.0 Å². The number of urea groups is 1. The van der Waals surface area contributed by atoms with Crippen LogP contribution in [0.1, 0.15) is 76.2 Å². The monoisotopic (exact) mass is 582 g/mol. The second-order valence-electron chi connectivity index (χ2n) is 11.7. The molecule has 1 aliphatic heterocycles. The summed E-state index contributed by atoms with van der Waals surface area (Å²) in [6.07, 6.45) is 12.0. The molecule has 3 amide bonds. The summed E-state index contributed by atoms with van der Waals surface area (Å²) in [5.74, 6) is 0.162. The van der Waals surface area contributed by atoms with Crippen LogP contribution in [0.5, 0.6) is 0 Å². The number of carbonyl (C=O) groups excluding carboxylic acids is 2. The molecule has 4 rings (SSSR count). The maximum absolute atomic E-state index is 13.9. The standard InChI is InChI=1S/C29H47ClN6O2.ClH/c1-34(2)33-29(38)36(25-6-4-3-5-7-25)26-16-18-35(19-17-26)28(37)27(20-21-8-10-22(30)11-9-21)32-24-14-12-23(31)13-15-24;/h8-11,23-27,32H,3-7,12-20,31H2,1-2H3,(H,33,38);1H/t23?,24?,27-;/m1./s1. The van der Waals surface area contributed by atoms with Gasteiger partial charge < -0.3 is 20.9 Å². The minimum atomic E-state index is -0.279. The van der Waals surface area contributed by atoms with Gasteiger partial charge in [-0.3, -0.25) is 10.2 Å². The first-order valence-electron chi connectivity index (χ1n) is 14.6. The highest BCUT2D eigenvalue weighted by Crippen LogP contribution is 2.28. The number of benzene rings is 1. The first-order valence-corrected chi connectivity index (χ1v) is 15.0. The Kier molecular flexibility index (Phi) is 12.6. The van der Waals surface area contributed by atoms with Gasteiger partial charge in [0.15, 0.2) is 0 Å². The fourth-order valence-corrected chi connectivity index (χ4v) is 6.59. The minimum absolute atomic E-state index is 0. The van der Waals surface area contributed by atoms with Gasteiger partial charge in [-0.25, -0.2) is 9.80 Å². The van der Waals surface area contributed by atoms with Gasteiger partial charge in [-0.05, 0) is 75.5 Å². The lowest BCUT2D eigenvalue weighted by Gasteiger charge is -2.44. The van der Waals surface area contributed by atoms with Crippen LogP contribution in [0.2, 0.25) is 5.02 Å². The number of piperidine rings is 1. The number of hydrogen-bond donors (Lipinski definition) is 3. The Morgan fingerprint density at radius 3 is 2.13 bits per heavy atom. The second kappa shape index (κ2) is 15.4. The molecule has 0 radical (unpaired) electrons. The lowest BCUT2D eigenvalue weighted by molar-refractivity contribution is -0.135. The molecule has 3 aliphatic rings. The Morgan fingerprint density at radius 2 is 1.54 bits per heavy atom. The number of amides is 3. The predicted molar refractivity (Wildman–Crippen MR) is 160 cm³/mol. The van der Waals surface area contributed by atoms with Gasteiger partial charge in [-0.2, -0.15) is 0 Å². The number of carbonyl (C=O) groups is 2. The highest BCUT2D eigenvalue weighted by Gasteiger charge is 2.36. The van der Waals surface area contributed by atoms with Gasteiger partial charge in [0.05, 0.1) is 6.04 Å². The predicted octanol–water partition coefficient (Wildman–Crippen LogP) is 4.34. The summed E-state index contributed by atoms with van der Waals surface area (Å²) in [5.41, 5.74) is 10.2. The number of hydrogen-bond acceptors (Lipinski definition) is 5. The third-order valence-corrected chi connectivity index (χ3v) is 8.80. The molecule has 0 spiro atoms. The lowest BCUT2D eigenvalue weighted by Crippen LogP contribution is -2.59. The first-order chi connectivity index (χ1) is 18.3. The van der Waals surface area contributed by atoms with Crippen molar-refractivity contribution in [1.82, 2.24) is 25.6 Å². The molecule has 10 heteroatoms. The van der Waals surface area contributed by atoms with Crippen LogP contribution in [0, 0.1) is 0 Å². The first kappa shape index (κ1) is 31.9. The van der Waals surface area contributed by atoms with Crippen molar-refractivity contribution in [3.63, 3.8) is 0 Å². The van der Waals surface area contributed by atoms with Gasteiger partial charge in [-0.15, -0.1) is 12.4 Å². The SMILES string of the molecule is CN(C)NC(=O)N(C1CCCCC1)C1CCN(C(=O)[C@@H](Cc2ccc(Cl)cc2)NC2CCC(N)CC2)CC1.Cl. The van der Waals surface area contributed by atoms with Crippen LogP contribution in [0.15, 0.2) is 24.3 Å². The third-order valence-electron chi connectivity index (χ3n) is 8.55. The van der Waals surface area contributed by atoms with Gasteiger partial charge in [0, 0.05) is 56.4 Å². The van der Waals surface area contributed by atoms with E-state index in [1.807, 2.05) is 43.3 Å². The Hall–Kier alpha value is -1.58. The summed E-state index contributed by atoms with van der Waals surface area (Å²) in [4.78, 5) is 31.2. The third kappa shape index (κ3) is 9.22. The summed E-state index contributed by atoms with van der Waals surface area (Å²) < 4.78 is 0. The van der Waals surface area contributed by atoms with E-state index in [0.29, 0.717) is 30.6 Å². The van der Waals surface area contributed by atoms with E-state index < -0.39 is 0 Å². The number of nitrogens with zero attached hydrogens (tertiary/aromatic N) is 3. The van der Waals surface area contributed by atoms with Crippen molar-refractivity contribution in [3.8, 4) is 0 Å². The Labute approximate surface area is 245 Å². The zero-order chi connectivity index (χ0) is 27.1. The number of nitrogens with two attached hydrogens (primary N) is 1. The molecule has 1 atom stereocenters. The Balaban J connectivity index is 0.00000420. The van der Waals surface area contributed by atoms with Crippen LogP contribution in [0.3, 0.4) is 0 Å². The average molecular weight is 584 g/mol. The Bertz CT molecular complexity index is 896. The van der Waals surface area contributed by atoms with Crippen LogP contribution in [0.25, 0.3) is 0 Å². The number of likely N-dealkylation sites (tertiary alicyclic amines) is 1. The topological polar surface area (TPSA) is 93.9 Å². The molecule has 0 unspecified atom stereocenters. The van der Waals surface area contributed by atoms with E-state index in [2.05, 4.69) is 15.6 Å². The number of rotatable bonds is 8. The second-order valence-corrected chi connectivity index (χ2v) is 12.2. The van der Waals surface area contributed by atoms with E-state index >= 15 is 0 Å². The van der Waals surface area contributed by atoms with Crippen LogP contribution < -0.4 is 16.5 Å². The molecule has 2 aliphatic carbocycles. The van der Waals surface area contributed by atoms with Crippen molar-refractivity contribution in [2.45, 2.75) is 107 Å². The van der Waals surface area contributed by atoms with Crippen molar-refractivity contribution in [3.05, 3.63) is 34.9 Å². The zero-order valence-corrected chi connectivity index (χ0v) is 25.2. The van der Waals surface area contributed by atoms with E-state index in [-0.39, 0.29) is 48.5 Å². The van der Waals surface area contributed by atoms with E-state index in [1.54, 1.807) is 5.01 Å². The summed E-state index contributed by atoms with van der Waals surface area (Å²) in [5, 5.41) is 6.13. The molecule has 1 heterocycles. The molecule has 4 N–H and O–H groups in total. The normalized spacial score (nSPS) is 23.7. The largest absolute Gasteiger partial charge is 0.341 e. The van der Waals surface area contributed by atoms with Crippen molar-refractivity contribution in [1.29, 1.82) is 0 Å². The van der Waals surface area contributed by atoms with E-state index in [4.69, 9.17) is 17.3 Å². The molecule has 1 aromatic carbocycles. The van der Waals surface area contributed by atoms with Crippen LogP contribution >= 0.6 is 24.0 Å². The lowest BCUT2D eigenvalue weighted by atomic mass is 9.90. The Morgan fingerprint density at radius 1 is 0.949 bits per heavy atom. The molecule has 3 fully saturated rings. The fraction of sp³-hybridized carbons (Fsp3) is 0.724. The van der Waals surface area contributed by atoms with Crippen molar-refractivity contribution < 1.29 is 9.59 Å². The van der Waals surface area contributed by atoms with E-state index in [1.165, 1.54) is 19.3 Å². The molecule has 0 bridgehead atoms. The van der Waals surface area contributed by atoms with Gasteiger partial charge in [0.2, 0.25) is 5.91 Å². The van der Waals surface area contributed by atoms with Crippen molar-refractivity contribution in [2.24, 2.45) is 5.73 Å². The van der Waals surface area contributed by atoms with Gasteiger partial charge in [0.1, 0.15) is 0 Å². The molecular formula is C29H48Cl2N6O2. The summed E-state index contributed by atoms with van der Waals surface area (Å²) in [7, 11) is 3.71. The zero-order valence-electron chi connectivity index (χ0n) is 23.6. The summed E-state index contributed by atoms with van der Waals surface area (Å²) >= 11 is 6.11. The molecule has 220 valence electrons. The quantitative estimate of drug-likeness (QED) is 0.396. The molecular weight excluding hydrogens is 535 g/mol. The van der Waals surface area contributed by atoms with Gasteiger partial charge in [0.25, 0.3) is 0 Å². The smallest absolute Gasteiger partial charge is 0.332 e. The molecule has 0 aromatic heterocycles. The maximum atomic E-state index is 13.9. The molecule has 1 aromatic rings.